The number of nitrogens with zero attached hydrogens (tertiary/aromatic N) is 1. The minimum Gasteiger partial charge on any atom is -0.207 e. The smallest absolute Gasteiger partial charge is 0.123 e. The highest BCUT2D eigenvalue weighted by Gasteiger charge is 2.31. The van der Waals surface area contributed by atoms with E-state index in [2.05, 4.69) is 6.07 Å². The van der Waals surface area contributed by atoms with Crippen LogP contribution in [0.25, 0.3) is 0 Å². The molecule has 0 amide bonds. The minimum absolute atomic E-state index is 0.127. The van der Waals surface area contributed by atoms with Crippen LogP contribution in [0, 0.1) is 34.9 Å². The van der Waals surface area contributed by atoms with Gasteiger partial charge in [0.15, 0.2) is 0 Å². The second kappa shape index (κ2) is 9.18. The van der Waals surface area contributed by atoms with Crippen molar-refractivity contribution < 1.29 is 4.39 Å². The van der Waals surface area contributed by atoms with Gasteiger partial charge in [-0.25, -0.2) is 4.39 Å². The summed E-state index contributed by atoms with van der Waals surface area (Å²) in [5, 5.41) is 8.53. The molecule has 2 aliphatic carbocycles. The lowest BCUT2D eigenvalue weighted by atomic mass is 9.68. The monoisotopic (exact) mass is 339 g/mol. The minimum atomic E-state index is -0.127. The Hall–Kier alpha value is -1.62. The van der Waals surface area contributed by atoms with E-state index < -0.39 is 0 Å². The average molecular weight is 339 g/mol. The molecule has 2 heteroatoms. The van der Waals surface area contributed by atoms with E-state index in [1.807, 2.05) is 18.2 Å². The van der Waals surface area contributed by atoms with Gasteiger partial charge < -0.3 is 0 Å². The van der Waals surface area contributed by atoms with Crippen LogP contribution in [0.4, 0.5) is 4.39 Å². The van der Waals surface area contributed by atoms with Crippen LogP contribution in [0.2, 0.25) is 0 Å². The van der Waals surface area contributed by atoms with E-state index in [0.29, 0.717) is 5.92 Å². The molecule has 0 aliphatic heterocycles. The third kappa shape index (κ3) is 5.18. The van der Waals surface area contributed by atoms with Gasteiger partial charge in [-0.05, 0) is 92.7 Å². The Bertz CT molecular complexity index is 582. The van der Waals surface area contributed by atoms with Crippen LogP contribution in [0.5, 0.6) is 0 Å². The number of hydrogen-bond donors (Lipinski definition) is 0. The number of halogens is 1. The van der Waals surface area contributed by atoms with E-state index in [9.17, 15) is 4.39 Å². The second-order valence-electron chi connectivity index (χ2n) is 8.05. The zero-order valence-electron chi connectivity index (χ0n) is 15.2. The molecular weight excluding hydrogens is 309 g/mol. The lowest BCUT2D eigenvalue weighted by Crippen LogP contribution is -2.25. The summed E-state index contributed by atoms with van der Waals surface area (Å²) in [6.07, 6.45) is 16.7. The van der Waals surface area contributed by atoms with Gasteiger partial charge in [0, 0.05) is 6.08 Å². The third-order valence-electron chi connectivity index (χ3n) is 6.61. The van der Waals surface area contributed by atoms with E-state index in [1.165, 1.54) is 63.4 Å². The van der Waals surface area contributed by atoms with Crippen LogP contribution in [0.3, 0.4) is 0 Å². The zero-order chi connectivity index (χ0) is 17.5. The summed E-state index contributed by atoms with van der Waals surface area (Å²) in [5.74, 6) is 3.23. The molecule has 0 N–H and O–H groups in total. The van der Waals surface area contributed by atoms with E-state index >= 15 is 0 Å². The fraction of sp³-hybridized carbons (Fsp3) is 0.609. The molecular formula is C23H30FN. The second-order valence-corrected chi connectivity index (χ2v) is 8.05. The Labute approximate surface area is 151 Å². The summed E-state index contributed by atoms with van der Waals surface area (Å²) in [4.78, 5) is 0. The number of hydrogen-bond acceptors (Lipinski definition) is 1. The van der Waals surface area contributed by atoms with Gasteiger partial charge in [-0.3, -0.25) is 0 Å². The van der Waals surface area contributed by atoms with Gasteiger partial charge in [-0.1, -0.05) is 31.1 Å². The third-order valence-corrected chi connectivity index (χ3v) is 6.61. The van der Waals surface area contributed by atoms with Gasteiger partial charge >= 0.3 is 0 Å². The Kier molecular flexibility index (Phi) is 6.68. The molecule has 1 aromatic carbocycles. The van der Waals surface area contributed by atoms with Crippen molar-refractivity contribution in [1.29, 1.82) is 5.26 Å². The van der Waals surface area contributed by atoms with Crippen molar-refractivity contribution in [2.75, 3.05) is 0 Å². The summed E-state index contributed by atoms with van der Waals surface area (Å²) in [6.45, 7) is 0. The first-order chi connectivity index (χ1) is 12.3. The fourth-order valence-electron chi connectivity index (χ4n) is 5.08. The molecule has 1 aromatic rings. The maximum Gasteiger partial charge on any atom is 0.123 e. The average Bonchev–Trinajstić information content (AvgIpc) is 2.67. The highest BCUT2D eigenvalue weighted by Crippen LogP contribution is 2.44. The van der Waals surface area contributed by atoms with E-state index in [1.54, 1.807) is 18.2 Å². The zero-order valence-corrected chi connectivity index (χ0v) is 15.2. The van der Waals surface area contributed by atoms with Gasteiger partial charge in [0.1, 0.15) is 5.82 Å². The molecule has 0 atom stereocenters. The molecule has 0 spiro atoms. The maximum absolute atomic E-state index is 13.1. The molecule has 2 saturated carbocycles. The molecule has 0 saturated heterocycles. The molecule has 2 fully saturated rings. The van der Waals surface area contributed by atoms with Crippen LogP contribution in [-0.2, 0) is 0 Å². The first-order valence-corrected chi connectivity index (χ1v) is 10.1. The van der Waals surface area contributed by atoms with E-state index in [-0.39, 0.29) is 5.82 Å². The topological polar surface area (TPSA) is 23.8 Å². The first-order valence-electron chi connectivity index (χ1n) is 10.1. The van der Waals surface area contributed by atoms with Crippen molar-refractivity contribution in [3.8, 4) is 6.07 Å². The molecule has 2 aliphatic rings. The molecule has 0 unspecified atom stereocenters. The first kappa shape index (κ1) is 18.2. The van der Waals surface area contributed by atoms with Crippen molar-refractivity contribution in [3.05, 3.63) is 47.8 Å². The summed E-state index contributed by atoms with van der Waals surface area (Å²) in [5.41, 5.74) is 1.33. The van der Waals surface area contributed by atoms with Crippen LogP contribution in [-0.4, -0.2) is 0 Å². The summed E-state index contributed by atoms with van der Waals surface area (Å²) in [6, 6.07) is 9.24. The van der Waals surface area contributed by atoms with E-state index in [0.717, 1.165) is 24.2 Å². The van der Waals surface area contributed by atoms with Gasteiger partial charge in [0.25, 0.3) is 0 Å². The fourth-order valence-corrected chi connectivity index (χ4v) is 5.08. The van der Waals surface area contributed by atoms with Crippen molar-refractivity contribution in [1.82, 2.24) is 0 Å². The van der Waals surface area contributed by atoms with Crippen LogP contribution in [0.1, 0.15) is 75.7 Å². The molecule has 0 radical (unpaired) electrons. The van der Waals surface area contributed by atoms with Crippen LogP contribution >= 0.6 is 0 Å². The Morgan fingerprint density at radius 3 is 2.12 bits per heavy atom. The molecule has 0 heterocycles. The summed E-state index contributed by atoms with van der Waals surface area (Å²) >= 11 is 0. The predicted molar refractivity (Wildman–Crippen MR) is 101 cm³/mol. The molecule has 134 valence electrons. The molecule has 0 aromatic heterocycles. The van der Waals surface area contributed by atoms with Gasteiger partial charge in [-0.15, -0.1) is 0 Å². The van der Waals surface area contributed by atoms with Gasteiger partial charge in [-0.2, -0.15) is 5.26 Å². The van der Waals surface area contributed by atoms with E-state index in [4.69, 9.17) is 5.26 Å². The van der Waals surface area contributed by atoms with Crippen molar-refractivity contribution in [2.24, 2.45) is 17.8 Å². The van der Waals surface area contributed by atoms with Crippen molar-refractivity contribution >= 4 is 0 Å². The highest BCUT2D eigenvalue weighted by molar-refractivity contribution is 5.21. The number of benzene rings is 1. The SMILES string of the molecule is N#C/C=C/CCC1CCC(C2CCC(c3ccc(F)cc3)CC2)CC1. The van der Waals surface area contributed by atoms with Crippen molar-refractivity contribution in [3.63, 3.8) is 0 Å². The quantitative estimate of drug-likeness (QED) is 0.543. The van der Waals surface area contributed by atoms with Crippen molar-refractivity contribution in [2.45, 2.75) is 70.1 Å². The Balaban J connectivity index is 1.40. The summed E-state index contributed by atoms with van der Waals surface area (Å²) < 4.78 is 13.1. The standard InChI is InChI=1S/C23H30FN/c24-23-15-13-22(14-16-23)21-11-9-20(10-12-21)19-7-5-18(6-8-19)4-2-1-3-17-25/h1,3,13-16,18-21H,2,4-12H2/b3-1+. The lowest BCUT2D eigenvalue weighted by molar-refractivity contribution is 0.157. The number of nitriles is 1. The number of allylic oxidation sites excluding steroid dienone is 2. The van der Waals surface area contributed by atoms with Crippen LogP contribution in [0.15, 0.2) is 36.4 Å². The molecule has 1 nitrogen and oxygen atoms in total. The Morgan fingerprint density at radius 2 is 1.52 bits per heavy atom. The van der Waals surface area contributed by atoms with Gasteiger partial charge in [0.05, 0.1) is 6.07 Å². The molecule has 3 rings (SSSR count). The summed E-state index contributed by atoms with van der Waals surface area (Å²) in [7, 11) is 0. The van der Waals surface area contributed by atoms with Gasteiger partial charge in [0.2, 0.25) is 0 Å². The number of rotatable bonds is 5. The predicted octanol–water partition coefficient (Wildman–Crippen LogP) is 6.77. The highest BCUT2D eigenvalue weighted by atomic mass is 19.1. The lowest BCUT2D eigenvalue weighted by Gasteiger charge is -2.38. The normalized spacial score (nSPS) is 30.2. The largest absolute Gasteiger partial charge is 0.207 e. The molecule has 0 bridgehead atoms. The Morgan fingerprint density at radius 1 is 0.920 bits per heavy atom. The molecule has 25 heavy (non-hydrogen) atoms. The maximum atomic E-state index is 13.1. The van der Waals surface area contributed by atoms with Crippen LogP contribution < -0.4 is 0 Å².